The number of para-hydroxylation sites is 1. The van der Waals surface area contributed by atoms with Crippen molar-refractivity contribution in [3.8, 4) is 5.75 Å². The maximum atomic E-state index is 13.1. The number of hydrogen-bond donors (Lipinski definition) is 2. The number of nitrogens with zero attached hydrogens (tertiary/aromatic N) is 1. The molecule has 1 fully saturated rings. The lowest BCUT2D eigenvalue weighted by atomic mass is 10.1. The second-order valence-corrected chi connectivity index (χ2v) is 10.2. The summed E-state index contributed by atoms with van der Waals surface area (Å²) >= 11 is 3.64. The number of rotatable bonds is 11. The Morgan fingerprint density at radius 2 is 1.88 bits per heavy atom. The fraction of sp³-hybridized carbons (Fsp3) is 0.440. The van der Waals surface area contributed by atoms with Crippen LogP contribution in [0.4, 0.5) is 5.69 Å². The Morgan fingerprint density at radius 3 is 2.61 bits per heavy atom. The summed E-state index contributed by atoms with van der Waals surface area (Å²) < 4.78 is 5.52. The molecule has 2 aromatic carbocycles. The Bertz CT molecular complexity index is 905. The van der Waals surface area contributed by atoms with Gasteiger partial charge in [0, 0.05) is 36.8 Å². The molecule has 1 heterocycles. The molecule has 6 nitrogen and oxygen atoms in total. The van der Waals surface area contributed by atoms with Crippen molar-refractivity contribution in [1.82, 2.24) is 10.2 Å². The van der Waals surface area contributed by atoms with Crippen LogP contribution < -0.4 is 15.4 Å². The van der Waals surface area contributed by atoms with Gasteiger partial charge in [0.25, 0.3) is 5.91 Å². The molecule has 2 amide bonds. The van der Waals surface area contributed by atoms with Gasteiger partial charge in [0.2, 0.25) is 5.91 Å². The van der Waals surface area contributed by atoms with Crippen LogP contribution in [0, 0.1) is 6.92 Å². The van der Waals surface area contributed by atoms with Gasteiger partial charge >= 0.3 is 0 Å². The van der Waals surface area contributed by atoms with Gasteiger partial charge in [-0.3, -0.25) is 14.5 Å². The van der Waals surface area contributed by atoms with Crippen molar-refractivity contribution in [3.63, 3.8) is 0 Å². The Kier molecular flexibility index (Phi) is 10.4. The van der Waals surface area contributed by atoms with Crippen molar-refractivity contribution in [2.24, 2.45) is 0 Å². The number of nitrogens with one attached hydrogen (secondary N) is 2. The largest absolute Gasteiger partial charge is 0.484 e. The highest BCUT2D eigenvalue weighted by Gasteiger charge is 2.22. The van der Waals surface area contributed by atoms with Crippen LogP contribution >= 0.6 is 23.5 Å². The predicted molar refractivity (Wildman–Crippen MR) is 139 cm³/mol. The average molecular weight is 488 g/mol. The van der Waals surface area contributed by atoms with Crippen LogP contribution in [-0.2, 0) is 16.1 Å². The van der Waals surface area contributed by atoms with Gasteiger partial charge in [0.05, 0.1) is 0 Å². The number of ether oxygens (including phenoxy) is 1. The number of carbonyl (C=O) groups is 2. The van der Waals surface area contributed by atoms with E-state index in [0.717, 1.165) is 36.6 Å². The van der Waals surface area contributed by atoms with Crippen LogP contribution in [0.2, 0.25) is 0 Å². The molecule has 2 aromatic rings. The molecule has 0 spiro atoms. The Labute approximate surface area is 205 Å². The topological polar surface area (TPSA) is 70.7 Å². The lowest BCUT2D eigenvalue weighted by Crippen LogP contribution is -2.46. The van der Waals surface area contributed by atoms with E-state index < -0.39 is 6.04 Å². The van der Waals surface area contributed by atoms with E-state index in [9.17, 15) is 9.59 Å². The predicted octanol–water partition coefficient (Wildman–Crippen LogP) is 3.80. The molecule has 178 valence electrons. The summed E-state index contributed by atoms with van der Waals surface area (Å²) in [6, 6.07) is 14.6. The van der Waals surface area contributed by atoms with Crippen LogP contribution in [0.3, 0.4) is 0 Å². The minimum atomic E-state index is -0.619. The maximum absolute atomic E-state index is 13.1. The first-order valence-corrected chi connectivity index (χ1v) is 13.8. The van der Waals surface area contributed by atoms with Crippen LogP contribution in [0.1, 0.15) is 17.5 Å². The third-order valence-corrected chi connectivity index (χ3v) is 7.16. The molecule has 1 aliphatic heterocycles. The average Bonchev–Trinajstić information content (AvgIpc) is 2.84. The van der Waals surface area contributed by atoms with E-state index >= 15 is 0 Å². The van der Waals surface area contributed by atoms with E-state index in [4.69, 9.17) is 4.74 Å². The van der Waals surface area contributed by atoms with Crippen molar-refractivity contribution in [3.05, 3.63) is 59.7 Å². The van der Waals surface area contributed by atoms with E-state index in [1.165, 1.54) is 17.1 Å². The van der Waals surface area contributed by atoms with Crippen molar-refractivity contribution >= 4 is 41.0 Å². The molecule has 1 aliphatic rings. The summed E-state index contributed by atoms with van der Waals surface area (Å²) in [5.41, 5.74) is 3.10. The van der Waals surface area contributed by atoms with Crippen molar-refractivity contribution in [1.29, 1.82) is 0 Å². The van der Waals surface area contributed by atoms with Crippen LogP contribution in [0.5, 0.6) is 5.75 Å². The Morgan fingerprint density at radius 1 is 1.12 bits per heavy atom. The molecule has 0 aromatic heterocycles. The number of hydrogen-bond acceptors (Lipinski definition) is 6. The Hall–Kier alpha value is -2.16. The second kappa shape index (κ2) is 13.5. The molecule has 0 radical (unpaired) electrons. The molecule has 3 rings (SSSR count). The number of anilines is 1. The van der Waals surface area contributed by atoms with Gasteiger partial charge in [0.1, 0.15) is 11.8 Å². The molecular weight excluding hydrogens is 454 g/mol. The highest BCUT2D eigenvalue weighted by molar-refractivity contribution is 7.99. The van der Waals surface area contributed by atoms with Gasteiger partial charge in [-0.1, -0.05) is 30.3 Å². The zero-order valence-corrected chi connectivity index (χ0v) is 21.0. The molecular formula is C25H33N3O3S2. The summed E-state index contributed by atoms with van der Waals surface area (Å²) in [5, 5.41) is 5.89. The van der Waals surface area contributed by atoms with Crippen molar-refractivity contribution in [2.75, 3.05) is 48.5 Å². The number of thioether (sulfide) groups is 2. The lowest BCUT2D eigenvalue weighted by molar-refractivity contribution is -0.127. The minimum Gasteiger partial charge on any atom is -0.484 e. The minimum absolute atomic E-state index is 0.129. The van der Waals surface area contributed by atoms with E-state index in [2.05, 4.69) is 21.6 Å². The summed E-state index contributed by atoms with van der Waals surface area (Å²) in [4.78, 5) is 28.0. The number of carbonyl (C=O) groups excluding carboxylic acids is 2. The normalized spacial score (nSPS) is 15.0. The molecule has 0 aliphatic carbocycles. The Balaban J connectivity index is 1.60. The quantitative estimate of drug-likeness (QED) is 0.503. The van der Waals surface area contributed by atoms with Crippen molar-refractivity contribution < 1.29 is 14.3 Å². The van der Waals surface area contributed by atoms with Crippen LogP contribution in [-0.4, -0.2) is 66.0 Å². The standard InChI is InChI=1S/C25H33N3O3S2/c1-19-20(17-28-12-15-33-16-13-28)7-6-10-22(19)27-25(30)23(11-14-32-2)26-24(29)18-31-21-8-4-3-5-9-21/h3-10,23H,11-18H2,1-2H3,(H,26,29)(H,27,30). The third kappa shape index (κ3) is 8.28. The zero-order chi connectivity index (χ0) is 23.5. The third-order valence-electron chi connectivity index (χ3n) is 5.58. The van der Waals surface area contributed by atoms with Gasteiger partial charge in [-0.15, -0.1) is 0 Å². The molecule has 0 saturated carbocycles. The molecule has 33 heavy (non-hydrogen) atoms. The van der Waals surface area contributed by atoms with E-state index in [1.54, 1.807) is 23.9 Å². The molecule has 1 unspecified atom stereocenters. The van der Waals surface area contributed by atoms with Gasteiger partial charge in [0.15, 0.2) is 6.61 Å². The zero-order valence-electron chi connectivity index (χ0n) is 19.3. The second-order valence-electron chi connectivity index (χ2n) is 7.97. The first-order chi connectivity index (χ1) is 16.1. The van der Waals surface area contributed by atoms with Gasteiger partial charge < -0.3 is 15.4 Å². The summed E-state index contributed by atoms with van der Waals surface area (Å²) in [6.07, 6.45) is 2.54. The summed E-state index contributed by atoms with van der Waals surface area (Å²) in [7, 11) is 0. The van der Waals surface area contributed by atoms with E-state index in [1.807, 2.05) is 55.3 Å². The fourth-order valence-electron chi connectivity index (χ4n) is 3.62. The lowest BCUT2D eigenvalue weighted by Gasteiger charge is -2.27. The van der Waals surface area contributed by atoms with Gasteiger partial charge in [-0.25, -0.2) is 0 Å². The first-order valence-electron chi connectivity index (χ1n) is 11.2. The molecule has 2 N–H and O–H groups in total. The number of amides is 2. The van der Waals surface area contributed by atoms with Crippen LogP contribution in [0.25, 0.3) is 0 Å². The van der Waals surface area contributed by atoms with E-state index in [-0.39, 0.29) is 18.4 Å². The van der Waals surface area contributed by atoms with Gasteiger partial charge in [-0.2, -0.15) is 23.5 Å². The molecule has 1 atom stereocenters. The van der Waals surface area contributed by atoms with Crippen LogP contribution in [0.15, 0.2) is 48.5 Å². The molecule has 8 heteroatoms. The molecule has 0 bridgehead atoms. The van der Waals surface area contributed by atoms with E-state index in [0.29, 0.717) is 12.2 Å². The summed E-state index contributed by atoms with van der Waals surface area (Å²) in [5.74, 6) is 3.21. The van der Waals surface area contributed by atoms with Crippen molar-refractivity contribution in [2.45, 2.75) is 25.9 Å². The monoisotopic (exact) mass is 487 g/mol. The highest BCUT2D eigenvalue weighted by atomic mass is 32.2. The fourth-order valence-corrected chi connectivity index (χ4v) is 5.07. The highest BCUT2D eigenvalue weighted by Crippen LogP contribution is 2.22. The smallest absolute Gasteiger partial charge is 0.258 e. The van der Waals surface area contributed by atoms with Gasteiger partial charge in [-0.05, 0) is 54.7 Å². The number of benzene rings is 2. The summed E-state index contributed by atoms with van der Waals surface area (Å²) in [6.45, 7) is 4.99. The first kappa shape index (κ1) is 25.5. The SMILES string of the molecule is CSCCC(NC(=O)COc1ccccc1)C(=O)Nc1cccc(CN2CCSCC2)c1C. The molecule has 1 saturated heterocycles. The maximum Gasteiger partial charge on any atom is 0.258 e.